The predicted molar refractivity (Wildman–Crippen MR) is 95.3 cm³/mol. The van der Waals surface area contributed by atoms with E-state index in [-0.39, 0.29) is 23.1 Å². The first-order valence-corrected chi connectivity index (χ1v) is 8.58. The van der Waals surface area contributed by atoms with E-state index in [1.807, 2.05) is 20.0 Å². The molecule has 1 N–H and O–H groups in total. The first kappa shape index (κ1) is 16.5. The summed E-state index contributed by atoms with van der Waals surface area (Å²) in [6.45, 7) is 1.81. The number of aromatic nitrogens is 1. The van der Waals surface area contributed by atoms with E-state index in [4.69, 9.17) is 0 Å². The van der Waals surface area contributed by atoms with Crippen molar-refractivity contribution in [3.05, 3.63) is 69.6 Å². The van der Waals surface area contributed by atoms with Crippen LogP contribution < -0.4 is 5.56 Å². The molecule has 1 aromatic heterocycles. The number of hydrogen-bond acceptors (Lipinski definition) is 2. The van der Waals surface area contributed by atoms with Gasteiger partial charge in [0.2, 0.25) is 0 Å². The van der Waals surface area contributed by atoms with Crippen LogP contribution in [0.3, 0.4) is 0 Å². The smallest absolute Gasteiger partial charge is 0.260 e. The third-order valence-corrected chi connectivity index (χ3v) is 5.12. The number of amides is 1. The maximum absolute atomic E-state index is 12.6. The topological polar surface area (TPSA) is 53.2 Å². The minimum Gasteiger partial charge on any atom is -0.339 e. The van der Waals surface area contributed by atoms with Gasteiger partial charge in [0.25, 0.3) is 11.5 Å². The lowest BCUT2D eigenvalue weighted by molar-refractivity contribution is 0.0687. The second kappa shape index (κ2) is 7.04. The van der Waals surface area contributed by atoms with E-state index in [0.29, 0.717) is 5.92 Å². The van der Waals surface area contributed by atoms with Crippen LogP contribution >= 0.6 is 0 Å². The number of aromatic amines is 1. The summed E-state index contributed by atoms with van der Waals surface area (Å²) in [5.74, 6) is 0.396. The quantitative estimate of drug-likeness (QED) is 0.940. The van der Waals surface area contributed by atoms with Crippen LogP contribution in [0.25, 0.3) is 0 Å². The van der Waals surface area contributed by atoms with Crippen LogP contribution in [0.5, 0.6) is 0 Å². The maximum atomic E-state index is 12.6. The summed E-state index contributed by atoms with van der Waals surface area (Å²) in [7, 11) is 1.81. The number of pyridine rings is 1. The van der Waals surface area contributed by atoms with Crippen molar-refractivity contribution in [2.45, 2.75) is 44.6 Å². The largest absolute Gasteiger partial charge is 0.339 e. The number of nitrogens with one attached hydrogen (secondary N) is 1. The highest BCUT2D eigenvalue weighted by molar-refractivity contribution is 5.93. The lowest BCUT2D eigenvalue weighted by Gasteiger charge is -2.34. The molecule has 1 amide bonds. The van der Waals surface area contributed by atoms with E-state index >= 15 is 0 Å². The summed E-state index contributed by atoms with van der Waals surface area (Å²) in [5, 5.41) is 0. The molecule has 1 heterocycles. The fourth-order valence-corrected chi connectivity index (χ4v) is 3.62. The average molecular weight is 324 g/mol. The molecule has 2 aromatic rings. The minimum atomic E-state index is -0.301. The van der Waals surface area contributed by atoms with Crippen LogP contribution in [0.2, 0.25) is 0 Å². The predicted octanol–water partition coefficient (Wildman–Crippen LogP) is 3.48. The highest BCUT2D eigenvalue weighted by Gasteiger charge is 2.28. The van der Waals surface area contributed by atoms with E-state index in [9.17, 15) is 9.59 Å². The minimum absolute atomic E-state index is 0.181. The fourth-order valence-electron chi connectivity index (χ4n) is 3.62. The number of hydrogen-bond donors (Lipinski definition) is 1. The standard InChI is InChI=1S/C20H24N2O2/c1-14-8-13-18(19(23)21-14)20(24)22(2)17-11-9-16(10-12-17)15-6-4-3-5-7-15/h3-8,13,16-17H,9-12H2,1-2H3,(H,21,23). The van der Waals surface area contributed by atoms with Crippen LogP contribution in [0.4, 0.5) is 0 Å². The normalized spacial score (nSPS) is 20.6. The maximum Gasteiger partial charge on any atom is 0.260 e. The van der Waals surface area contributed by atoms with Gasteiger partial charge in [-0.1, -0.05) is 30.3 Å². The Morgan fingerprint density at radius 3 is 2.33 bits per heavy atom. The number of benzene rings is 1. The first-order valence-electron chi connectivity index (χ1n) is 8.58. The van der Waals surface area contributed by atoms with Crippen molar-refractivity contribution in [3.63, 3.8) is 0 Å². The van der Waals surface area contributed by atoms with Gasteiger partial charge in [-0.05, 0) is 56.2 Å². The third kappa shape index (κ3) is 3.42. The molecule has 0 saturated heterocycles. The molecule has 4 heteroatoms. The molecule has 0 aliphatic heterocycles. The van der Waals surface area contributed by atoms with Gasteiger partial charge < -0.3 is 9.88 Å². The lowest BCUT2D eigenvalue weighted by Crippen LogP contribution is -2.41. The monoisotopic (exact) mass is 324 g/mol. The Morgan fingerprint density at radius 2 is 1.71 bits per heavy atom. The van der Waals surface area contributed by atoms with E-state index in [0.717, 1.165) is 31.4 Å². The van der Waals surface area contributed by atoms with Gasteiger partial charge in [0, 0.05) is 18.8 Å². The first-order chi connectivity index (χ1) is 11.6. The molecule has 1 saturated carbocycles. The number of H-pyrrole nitrogens is 1. The van der Waals surface area contributed by atoms with Crippen molar-refractivity contribution < 1.29 is 4.79 Å². The third-order valence-electron chi connectivity index (χ3n) is 5.12. The Kier molecular flexibility index (Phi) is 4.84. The second-order valence-corrected chi connectivity index (χ2v) is 6.72. The van der Waals surface area contributed by atoms with Crippen molar-refractivity contribution in [2.75, 3.05) is 7.05 Å². The molecule has 0 spiro atoms. The Hall–Kier alpha value is -2.36. The van der Waals surface area contributed by atoms with Gasteiger partial charge in [-0.3, -0.25) is 9.59 Å². The van der Waals surface area contributed by atoms with Crippen molar-refractivity contribution in [2.24, 2.45) is 0 Å². The molecule has 1 aliphatic rings. The zero-order chi connectivity index (χ0) is 17.1. The number of carbonyl (C=O) groups excluding carboxylic acids is 1. The summed E-state index contributed by atoms with van der Waals surface area (Å²) < 4.78 is 0. The number of aryl methyl sites for hydroxylation is 1. The van der Waals surface area contributed by atoms with Crippen LogP contribution in [0.15, 0.2) is 47.3 Å². The zero-order valence-corrected chi connectivity index (χ0v) is 14.3. The molecule has 0 bridgehead atoms. The molecular formula is C20H24N2O2. The van der Waals surface area contributed by atoms with Crippen LogP contribution in [-0.4, -0.2) is 28.9 Å². The molecule has 4 nitrogen and oxygen atoms in total. The SMILES string of the molecule is Cc1ccc(C(=O)N(C)C2CCC(c3ccccc3)CC2)c(=O)[nH]1. The van der Waals surface area contributed by atoms with Crippen molar-refractivity contribution >= 4 is 5.91 Å². The van der Waals surface area contributed by atoms with Gasteiger partial charge in [0.15, 0.2) is 0 Å². The molecule has 3 rings (SSSR count). The Balaban J connectivity index is 1.65. The summed E-state index contributed by atoms with van der Waals surface area (Å²) >= 11 is 0. The number of nitrogens with zero attached hydrogens (tertiary/aromatic N) is 1. The van der Waals surface area contributed by atoms with Gasteiger partial charge in [-0.15, -0.1) is 0 Å². The number of rotatable bonds is 3. The highest BCUT2D eigenvalue weighted by atomic mass is 16.2. The Morgan fingerprint density at radius 1 is 1.04 bits per heavy atom. The van der Waals surface area contributed by atoms with Gasteiger partial charge in [0.05, 0.1) is 0 Å². The van der Waals surface area contributed by atoms with Crippen molar-refractivity contribution in [3.8, 4) is 0 Å². The molecule has 0 radical (unpaired) electrons. The summed E-state index contributed by atoms with van der Waals surface area (Å²) in [6, 6.07) is 14.2. The van der Waals surface area contributed by atoms with Gasteiger partial charge in [-0.2, -0.15) is 0 Å². The zero-order valence-electron chi connectivity index (χ0n) is 14.3. The van der Waals surface area contributed by atoms with Crippen LogP contribution in [0.1, 0.15) is 53.2 Å². The fraction of sp³-hybridized carbons (Fsp3) is 0.400. The van der Waals surface area contributed by atoms with E-state index < -0.39 is 0 Å². The molecule has 126 valence electrons. The van der Waals surface area contributed by atoms with Gasteiger partial charge >= 0.3 is 0 Å². The molecule has 24 heavy (non-hydrogen) atoms. The summed E-state index contributed by atoms with van der Waals surface area (Å²) in [4.78, 5) is 29.1. The number of carbonyl (C=O) groups is 1. The Bertz CT molecular complexity index is 759. The molecular weight excluding hydrogens is 300 g/mol. The second-order valence-electron chi connectivity index (χ2n) is 6.72. The van der Waals surface area contributed by atoms with Gasteiger partial charge in [-0.25, -0.2) is 0 Å². The van der Waals surface area contributed by atoms with E-state index in [2.05, 4.69) is 29.2 Å². The summed E-state index contributed by atoms with van der Waals surface area (Å²) in [6.07, 6.45) is 4.12. The lowest BCUT2D eigenvalue weighted by atomic mass is 9.81. The molecule has 1 fully saturated rings. The van der Waals surface area contributed by atoms with Gasteiger partial charge in [0.1, 0.15) is 5.56 Å². The molecule has 1 aliphatic carbocycles. The average Bonchev–Trinajstić information content (AvgIpc) is 2.61. The molecule has 1 aromatic carbocycles. The highest BCUT2D eigenvalue weighted by Crippen LogP contribution is 2.34. The van der Waals surface area contributed by atoms with E-state index in [1.165, 1.54) is 5.56 Å². The van der Waals surface area contributed by atoms with Crippen LogP contribution in [0, 0.1) is 6.92 Å². The molecule has 0 atom stereocenters. The van der Waals surface area contributed by atoms with Crippen molar-refractivity contribution in [1.29, 1.82) is 0 Å². The summed E-state index contributed by atoms with van der Waals surface area (Å²) in [5.41, 5.74) is 2.08. The van der Waals surface area contributed by atoms with E-state index in [1.54, 1.807) is 17.0 Å². The molecule has 0 unspecified atom stereocenters. The Labute approximate surface area is 142 Å². The van der Waals surface area contributed by atoms with Crippen LogP contribution in [-0.2, 0) is 0 Å². The van der Waals surface area contributed by atoms with Crippen molar-refractivity contribution in [1.82, 2.24) is 9.88 Å².